The van der Waals surface area contributed by atoms with Crippen LogP contribution in [0.15, 0.2) is 48.5 Å². The van der Waals surface area contributed by atoms with Crippen LogP contribution in [0.25, 0.3) is 0 Å². The Labute approximate surface area is 127 Å². The number of para-hydroxylation sites is 1. The fourth-order valence-corrected chi connectivity index (χ4v) is 2.29. The summed E-state index contributed by atoms with van der Waals surface area (Å²) in [4.78, 5) is 22.8. The average molecular weight is 297 g/mol. The Kier molecular flexibility index (Phi) is 3.65. The number of rotatable bonds is 4. The Morgan fingerprint density at radius 3 is 2.55 bits per heavy atom. The molecule has 4 N–H and O–H groups in total. The summed E-state index contributed by atoms with van der Waals surface area (Å²) in [6.45, 7) is -0.162. The van der Waals surface area contributed by atoms with Gasteiger partial charge in [0.2, 0.25) is 0 Å². The number of carbonyl (C=O) groups is 2. The number of ether oxygens (including phenoxy) is 1. The van der Waals surface area contributed by atoms with E-state index in [0.29, 0.717) is 11.3 Å². The summed E-state index contributed by atoms with van der Waals surface area (Å²) in [5.74, 6) is -0.0969. The topological polar surface area (TPSA) is 93.5 Å². The van der Waals surface area contributed by atoms with Gasteiger partial charge in [0.15, 0.2) is 6.61 Å². The molecule has 2 aromatic carbocycles. The van der Waals surface area contributed by atoms with Crippen molar-refractivity contribution in [3.8, 4) is 5.75 Å². The maximum atomic E-state index is 12.1. The summed E-state index contributed by atoms with van der Waals surface area (Å²) < 4.78 is 5.20. The molecule has 0 aliphatic carbocycles. The maximum Gasteiger partial charge on any atom is 0.255 e. The van der Waals surface area contributed by atoms with E-state index in [1.807, 2.05) is 30.3 Å². The highest BCUT2D eigenvalue weighted by Gasteiger charge is 2.23. The van der Waals surface area contributed by atoms with Crippen molar-refractivity contribution in [2.24, 2.45) is 5.73 Å². The zero-order chi connectivity index (χ0) is 15.5. The predicted octanol–water partition coefficient (Wildman–Crippen LogP) is 1.40. The average Bonchev–Trinajstić information content (AvgIpc) is 2.53. The van der Waals surface area contributed by atoms with Gasteiger partial charge in [0.25, 0.3) is 11.8 Å². The summed E-state index contributed by atoms with van der Waals surface area (Å²) >= 11 is 0. The van der Waals surface area contributed by atoms with Gasteiger partial charge in [-0.1, -0.05) is 24.3 Å². The van der Waals surface area contributed by atoms with E-state index in [9.17, 15) is 9.59 Å². The molecule has 1 aliphatic rings. The number of nitrogens with two attached hydrogens (primary N) is 1. The van der Waals surface area contributed by atoms with Gasteiger partial charge in [-0.05, 0) is 29.8 Å². The largest absolute Gasteiger partial charge is 0.484 e. The minimum atomic E-state index is -0.526. The van der Waals surface area contributed by atoms with Gasteiger partial charge in [-0.3, -0.25) is 9.59 Å². The lowest BCUT2D eigenvalue weighted by molar-refractivity contribution is -0.119. The third-order valence-corrected chi connectivity index (χ3v) is 3.34. The molecule has 1 atom stereocenters. The number of fused-ring (bicyclic) bond motifs is 1. The highest BCUT2D eigenvalue weighted by Crippen LogP contribution is 2.27. The molecule has 1 aliphatic heterocycles. The molecule has 0 aromatic heterocycles. The second kappa shape index (κ2) is 5.77. The monoisotopic (exact) mass is 297 g/mol. The van der Waals surface area contributed by atoms with Crippen LogP contribution in [0.2, 0.25) is 0 Å². The van der Waals surface area contributed by atoms with E-state index in [0.717, 1.165) is 11.3 Å². The van der Waals surface area contributed by atoms with Gasteiger partial charge in [0, 0.05) is 5.69 Å². The molecular weight excluding hydrogens is 282 g/mol. The first-order valence-electron chi connectivity index (χ1n) is 6.81. The fourth-order valence-electron chi connectivity index (χ4n) is 2.29. The number of hydrogen-bond acceptors (Lipinski definition) is 4. The standard InChI is InChI=1S/C16H15N3O3/c17-14(20)9-22-11-7-5-10(6-8-11)15-18-13-4-2-1-3-12(13)16(21)19-15/h1-8,15,18H,9H2,(H2,17,20)(H,19,21)/t15-/m1/s1. The van der Waals surface area contributed by atoms with Gasteiger partial charge in [-0.2, -0.15) is 0 Å². The summed E-state index contributed by atoms with van der Waals surface area (Å²) in [5.41, 5.74) is 7.33. The van der Waals surface area contributed by atoms with E-state index in [1.165, 1.54) is 0 Å². The Bertz CT molecular complexity index is 713. The number of nitrogens with one attached hydrogen (secondary N) is 2. The lowest BCUT2D eigenvalue weighted by Gasteiger charge is -2.28. The molecule has 0 fully saturated rings. The molecule has 0 spiro atoms. The zero-order valence-corrected chi connectivity index (χ0v) is 11.7. The Morgan fingerprint density at radius 1 is 1.09 bits per heavy atom. The van der Waals surface area contributed by atoms with E-state index >= 15 is 0 Å². The summed E-state index contributed by atoms with van der Waals surface area (Å²) in [7, 11) is 0. The van der Waals surface area contributed by atoms with Gasteiger partial charge in [0.05, 0.1) is 5.56 Å². The van der Waals surface area contributed by atoms with Gasteiger partial charge in [-0.25, -0.2) is 0 Å². The van der Waals surface area contributed by atoms with Crippen LogP contribution in [0, 0.1) is 0 Å². The van der Waals surface area contributed by atoms with Crippen molar-refractivity contribution in [3.05, 3.63) is 59.7 Å². The SMILES string of the molecule is NC(=O)COc1ccc([C@H]2NC(=O)c3ccccc3N2)cc1. The molecule has 0 bridgehead atoms. The van der Waals surface area contributed by atoms with Gasteiger partial charge < -0.3 is 21.1 Å². The van der Waals surface area contributed by atoms with Crippen molar-refractivity contribution in [3.63, 3.8) is 0 Å². The molecule has 6 nitrogen and oxygen atoms in total. The molecule has 0 radical (unpaired) electrons. The van der Waals surface area contributed by atoms with Crippen molar-refractivity contribution >= 4 is 17.5 Å². The Hall–Kier alpha value is -3.02. The van der Waals surface area contributed by atoms with E-state index < -0.39 is 5.91 Å². The summed E-state index contributed by atoms with van der Waals surface area (Å²) in [6, 6.07) is 14.4. The first-order valence-corrected chi connectivity index (χ1v) is 6.81. The van der Waals surface area contributed by atoms with Crippen LogP contribution < -0.4 is 21.1 Å². The van der Waals surface area contributed by atoms with Crippen molar-refractivity contribution in [2.75, 3.05) is 11.9 Å². The lowest BCUT2D eigenvalue weighted by Crippen LogP contribution is -2.38. The minimum absolute atomic E-state index is 0.117. The quantitative estimate of drug-likeness (QED) is 0.795. The molecule has 112 valence electrons. The molecule has 2 amide bonds. The molecular formula is C16H15N3O3. The summed E-state index contributed by atoms with van der Waals surface area (Å²) in [5, 5.41) is 6.16. The summed E-state index contributed by atoms with van der Waals surface area (Å²) in [6.07, 6.45) is -0.312. The number of hydrogen-bond donors (Lipinski definition) is 3. The zero-order valence-electron chi connectivity index (χ0n) is 11.7. The first kappa shape index (κ1) is 13.9. The third kappa shape index (κ3) is 2.85. The lowest BCUT2D eigenvalue weighted by atomic mass is 10.1. The van der Waals surface area contributed by atoms with Crippen molar-refractivity contribution < 1.29 is 14.3 Å². The number of anilines is 1. The van der Waals surface area contributed by atoms with Crippen LogP contribution in [0.5, 0.6) is 5.75 Å². The number of amides is 2. The van der Waals surface area contributed by atoms with E-state index in [-0.39, 0.29) is 18.7 Å². The highest BCUT2D eigenvalue weighted by molar-refractivity contribution is 6.01. The van der Waals surface area contributed by atoms with E-state index in [4.69, 9.17) is 10.5 Å². The molecule has 0 saturated heterocycles. The van der Waals surface area contributed by atoms with Crippen LogP contribution in [-0.2, 0) is 4.79 Å². The number of carbonyl (C=O) groups excluding carboxylic acids is 2. The van der Waals surface area contributed by atoms with Gasteiger partial charge in [0.1, 0.15) is 11.9 Å². The van der Waals surface area contributed by atoms with Crippen molar-refractivity contribution in [1.82, 2.24) is 5.32 Å². The fraction of sp³-hybridized carbons (Fsp3) is 0.125. The van der Waals surface area contributed by atoms with Gasteiger partial charge >= 0.3 is 0 Å². The van der Waals surface area contributed by atoms with Crippen LogP contribution in [0.1, 0.15) is 22.1 Å². The second-order valence-corrected chi connectivity index (χ2v) is 4.92. The molecule has 3 rings (SSSR count). The maximum absolute atomic E-state index is 12.1. The Morgan fingerprint density at radius 2 is 1.82 bits per heavy atom. The van der Waals surface area contributed by atoms with Crippen LogP contribution >= 0.6 is 0 Å². The smallest absolute Gasteiger partial charge is 0.255 e. The molecule has 0 unspecified atom stereocenters. The number of primary amides is 1. The van der Waals surface area contributed by atoms with Crippen LogP contribution in [0.4, 0.5) is 5.69 Å². The molecule has 6 heteroatoms. The molecule has 2 aromatic rings. The van der Waals surface area contributed by atoms with Crippen molar-refractivity contribution in [1.29, 1.82) is 0 Å². The van der Waals surface area contributed by atoms with Crippen LogP contribution in [-0.4, -0.2) is 18.4 Å². The second-order valence-electron chi connectivity index (χ2n) is 4.92. The van der Waals surface area contributed by atoms with Gasteiger partial charge in [-0.15, -0.1) is 0 Å². The minimum Gasteiger partial charge on any atom is -0.484 e. The molecule has 22 heavy (non-hydrogen) atoms. The molecule has 0 saturated carbocycles. The normalized spacial score (nSPS) is 16.2. The predicted molar refractivity (Wildman–Crippen MR) is 81.4 cm³/mol. The third-order valence-electron chi connectivity index (χ3n) is 3.34. The van der Waals surface area contributed by atoms with Crippen LogP contribution in [0.3, 0.4) is 0 Å². The highest BCUT2D eigenvalue weighted by atomic mass is 16.5. The molecule has 1 heterocycles. The van der Waals surface area contributed by atoms with E-state index in [1.54, 1.807) is 18.2 Å². The Balaban J connectivity index is 1.75. The van der Waals surface area contributed by atoms with Crippen molar-refractivity contribution in [2.45, 2.75) is 6.17 Å². The first-order chi connectivity index (χ1) is 10.6. The van der Waals surface area contributed by atoms with E-state index in [2.05, 4.69) is 10.6 Å². The number of benzene rings is 2.